The van der Waals surface area contributed by atoms with Crippen LogP contribution >= 0.6 is 11.8 Å². The number of carbonyl (C=O) groups excluding carboxylic acids is 2. The van der Waals surface area contributed by atoms with Gasteiger partial charge in [0.25, 0.3) is 0 Å². The van der Waals surface area contributed by atoms with Gasteiger partial charge in [0.1, 0.15) is 18.2 Å². The third-order valence-electron chi connectivity index (χ3n) is 7.77. The molecule has 0 bridgehead atoms. The van der Waals surface area contributed by atoms with E-state index in [2.05, 4.69) is 46.8 Å². The molecule has 2 amide bonds. The lowest BCUT2D eigenvalue weighted by Gasteiger charge is -2.32. The molecule has 0 radical (unpaired) electrons. The summed E-state index contributed by atoms with van der Waals surface area (Å²) in [5.41, 5.74) is 4.37. The minimum atomic E-state index is -0.344. The number of carbonyl (C=O) groups is 2. The smallest absolute Gasteiger partial charge is 0.242 e. The molecule has 0 N–H and O–H groups in total. The minimum absolute atomic E-state index is 0.0439. The molecule has 5 rings (SSSR count). The SMILES string of the molecule is Cc1ccccc1[C@H]1SCC(=O)N(CC(=O)N2CCC(C)CC2)c2c1c(C(C)(C)C)nn2-c1ccc(F)cc1. The summed E-state index contributed by atoms with van der Waals surface area (Å²) >= 11 is 1.58. The Kier molecular flexibility index (Phi) is 7.60. The largest absolute Gasteiger partial charge is 0.341 e. The summed E-state index contributed by atoms with van der Waals surface area (Å²) in [5, 5.41) is 4.94. The lowest BCUT2D eigenvalue weighted by molar-refractivity contribution is -0.132. The van der Waals surface area contributed by atoms with Crippen molar-refractivity contribution in [3.05, 3.63) is 76.7 Å². The van der Waals surface area contributed by atoms with Crippen LogP contribution in [0.2, 0.25) is 0 Å². The van der Waals surface area contributed by atoms with Crippen LogP contribution in [0.25, 0.3) is 5.69 Å². The number of piperidine rings is 1. The summed E-state index contributed by atoms with van der Waals surface area (Å²) in [6.07, 6.45) is 1.94. The van der Waals surface area contributed by atoms with E-state index in [4.69, 9.17) is 5.10 Å². The standard InChI is InChI=1S/C31H37FN4O2S/c1-20-14-16-34(17-15-20)25(37)18-35-26(38)19-39-28(24-9-7-6-8-21(24)2)27-29(31(3,4)5)33-36(30(27)35)23-12-10-22(32)11-13-23/h6-13,20,28H,14-19H2,1-5H3/t28-/m1/s1. The van der Waals surface area contributed by atoms with E-state index in [0.29, 0.717) is 30.5 Å². The van der Waals surface area contributed by atoms with Gasteiger partial charge in [-0.05, 0) is 61.1 Å². The number of hydrogen-bond donors (Lipinski definition) is 0. The number of aromatic nitrogens is 2. The first-order valence-electron chi connectivity index (χ1n) is 13.7. The number of fused-ring (bicyclic) bond motifs is 1. The van der Waals surface area contributed by atoms with E-state index in [9.17, 15) is 14.0 Å². The Labute approximate surface area is 234 Å². The molecule has 3 heterocycles. The van der Waals surface area contributed by atoms with E-state index in [1.54, 1.807) is 33.5 Å². The van der Waals surface area contributed by atoms with E-state index < -0.39 is 0 Å². The monoisotopic (exact) mass is 548 g/mol. The Hall–Kier alpha value is -3.13. The fraction of sp³-hybridized carbons (Fsp3) is 0.452. The third kappa shape index (κ3) is 5.49. The van der Waals surface area contributed by atoms with Gasteiger partial charge in [0.2, 0.25) is 11.8 Å². The zero-order valence-electron chi connectivity index (χ0n) is 23.4. The van der Waals surface area contributed by atoms with Crippen LogP contribution in [0.5, 0.6) is 0 Å². The second-order valence-corrected chi connectivity index (χ2v) is 12.9. The van der Waals surface area contributed by atoms with Crippen LogP contribution in [0.3, 0.4) is 0 Å². The lowest BCUT2D eigenvalue weighted by atomic mass is 9.86. The van der Waals surface area contributed by atoms with Gasteiger partial charge in [0.15, 0.2) is 0 Å². The zero-order valence-corrected chi connectivity index (χ0v) is 24.2. The first-order chi connectivity index (χ1) is 18.5. The molecule has 2 aliphatic rings. The first kappa shape index (κ1) is 27.4. The predicted octanol–water partition coefficient (Wildman–Crippen LogP) is 6.05. The Morgan fingerprint density at radius 2 is 1.74 bits per heavy atom. The molecule has 0 unspecified atom stereocenters. The predicted molar refractivity (Wildman–Crippen MR) is 155 cm³/mol. The summed E-state index contributed by atoms with van der Waals surface area (Å²) < 4.78 is 15.7. The summed E-state index contributed by atoms with van der Waals surface area (Å²) in [4.78, 5) is 30.9. The highest BCUT2D eigenvalue weighted by Crippen LogP contribution is 2.49. The number of benzene rings is 2. The second kappa shape index (κ2) is 10.8. The molecule has 1 saturated heterocycles. The highest BCUT2D eigenvalue weighted by atomic mass is 32.2. The molecule has 39 heavy (non-hydrogen) atoms. The van der Waals surface area contributed by atoms with E-state index in [0.717, 1.165) is 35.2 Å². The number of amides is 2. The van der Waals surface area contributed by atoms with Crippen molar-refractivity contribution in [3.8, 4) is 5.69 Å². The number of aryl methyl sites for hydroxylation is 1. The van der Waals surface area contributed by atoms with Crippen LogP contribution in [-0.2, 0) is 15.0 Å². The lowest BCUT2D eigenvalue weighted by Crippen LogP contribution is -2.46. The van der Waals surface area contributed by atoms with Crippen molar-refractivity contribution in [2.45, 2.75) is 58.1 Å². The average molecular weight is 549 g/mol. The fourth-order valence-corrected chi connectivity index (χ4v) is 6.75. The van der Waals surface area contributed by atoms with Crippen molar-refractivity contribution >= 4 is 29.4 Å². The van der Waals surface area contributed by atoms with Gasteiger partial charge in [0, 0.05) is 24.1 Å². The van der Waals surface area contributed by atoms with E-state index in [-0.39, 0.29) is 40.6 Å². The zero-order chi connectivity index (χ0) is 27.9. The number of nitrogens with zero attached hydrogens (tertiary/aromatic N) is 4. The molecule has 3 aromatic rings. The molecule has 206 valence electrons. The molecule has 1 aromatic heterocycles. The van der Waals surface area contributed by atoms with Crippen molar-refractivity contribution in [3.63, 3.8) is 0 Å². The van der Waals surface area contributed by atoms with Crippen LogP contribution in [0, 0.1) is 18.7 Å². The highest BCUT2D eigenvalue weighted by molar-refractivity contribution is 8.00. The molecule has 2 aromatic carbocycles. The molecule has 0 aliphatic carbocycles. The number of thioether (sulfide) groups is 1. The highest BCUT2D eigenvalue weighted by Gasteiger charge is 2.40. The maximum Gasteiger partial charge on any atom is 0.242 e. The van der Waals surface area contributed by atoms with Crippen LogP contribution in [-0.4, -0.2) is 51.9 Å². The molecule has 1 fully saturated rings. The summed E-state index contributed by atoms with van der Waals surface area (Å²) in [5.74, 6) is 0.924. The minimum Gasteiger partial charge on any atom is -0.341 e. The molecule has 8 heteroatoms. The van der Waals surface area contributed by atoms with Crippen LogP contribution in [0.15, 0.2) is 48.5 Å². The van der Waals surface area contributed by atoms with Gasteiger partial charge < -0.3 is 4.90 Å². The number of hydrogen-bond acceptors (Lipinski definition) is 4. The van der Waals surface area contributed by atoms with Crippen LogP contribution in [0.1, 0.15) is 68.2 Å². The van der Waals surface area contributed by atoms with Crippen molar-refractivity contribution < 1.29 is 14.0 Å². The topological polar surface area (TPSA) is 58.4 Å². The van der Waals surface area contributed by atoms with Gasteiger partial charge in [-0.25, -0.2) is 9.07 Å². The molecule has 2 aliphatic heterocycles. The Morgan fingerprint density at radius 1 is 1.08 bits per heavy atom. The summed E-state index contributed by atoms with van der Waals surface area (Å²) in [7, 11) is 0. The molecular formula is C31H37FN4O2S. The normalized spacial score (nSPS) is 18.7. The van der Waals surface area contributed by atoms with Gasteiger partial charge in [-0.1, -0.05) is 52.0 Å². The van der Waals surface area contributed by atoms with E-state index >= 15 is 0 Å². The quantitative estimate of drug-likeness (QED) is 0.399. The van der Waals surface area contributed by atoms with Gasteiger partial charge in [0.05, 0.1) is 22.4 Å². The van der Waals surface area contributed by atoms with E-state index in [1.807, 2.05) is 17.0 Å². The molecule has 6 nitrogen and oxygen atoms in total. The number of likely N-dealkylation sites (tertiary alicyclic amines) is 1. The summed E-state index contributed by atoms with van der Waals surface area (Å²) in [6, 6.07) is 14.4. The van der Waals surface area contributed by atoms with Crippen LogP contribution < -0.4 is 4.90 Å². The average Bonchev–Trinajstić information content (AvgIpc) is 3.23. The third-order valence-corrected chi connectivity index (χ3v) is 9.01. The van der Waals surface area contributed by atoms with Crippen molar-refractivity contribution in [1.82, 2.24) is 14.7 Å². The van der Waals surface area contributed by atoms with Gasteiger partial charge in [-0.3, -0.25) is 14.5 Å². The molecule has 0 spiro atoms. The number of anilines is 1. The van der Waals surface area contributed by atoms with Crippen molar-refractivity contribution in [2.75, 3.05) is 30.3 Å². The summed E-state index contributed by atoms with van der Waals surface area (Å²) in [6.45, 7) is 12.0. The van der Waals surface area contributed by atoms with Gasteiger partial charge >= 0.3 is 0 Å². The van der Waals surface area contributed by atoms with Crippen molar-refractivity contribution in [2.24, 2.45) is 5.92 Å². The fourth-order valence-electron chi connectivity index (χ4n) is 5.46. The number of halogens is 1. The second-order valence-electron chi connectivity index (χ2n) is 11.8. The number of rotatable bonds is 4. The van der Waals surface area contributed by atoms with Crippen molar-refractivity contribution in [1.29, 1.82) is 0 Å². The maximum atomic E-state index is 13.9. The Bertz CT molecular complexity index is 1370. The van der Waals surface area contributed by atoms with E-state index in [1.165, 1.54) is 12.1 Å². The molecule has 0 saturated carbocycles. The maximum absolute atomic E-state index is 13.9. The van der Waals surface area contributed by atoms with Gasteiger partial charge in [-0.2, -0.15) is 5.10 Å². The first-order valence-corrected chi connectivity index (χ1v) is 14.7. The van der Waals surface area contributed by atoms with Gasteiger partial charge in [-0.15, -0.1) is 11.8 Å². The molecule has 1 atom stereocenters. The molecular weight excluding hydrogens is 511 g/mol. The Morgan fingerprint density at radius 3 is 2.38 bits per heavy atom. The Balaban J connectivity index is 1.71. The van der Waals surface area contributed by atoms with Crippen LogP contribution in [0.4, 0.5) is 10.2 Å².